The van der Waals surface area contributed by atoms with Crippen molar-refractivity contribution in [2.75, 3.05) is 0 Å². The van der Waals surface area contributed by atoms with Crippen molar-refractivity contribution < 1.29 is 9.31 Å². The molecule has 0 spiro atoms. The van der Waals surface area contributed by atoms with E-state index in [0.29, 0.717) is 11.1 Å². The molecule has 0 atom stereocenters. The van der Waals surface area contributed by atoms with Gasteiger partial charge in [0.2, 0.25) is 5.70 Å². The zero-order valence-corrected chi connectivity index (χ0v) is 7.74. The Morgan fingerprint density at radius 3 is 2.93 bits per heavy atom. The van der Waals surface area contributed by atoms with Crippen molar-refractivity contribution in [3.63, 3.8) is 0 Å². The van der Waals surface area contributed by atoms with Gasteiger partial charge in [0.15, 0.2) is 0 Å². The van der Waals surface area contributed by atoms with E-state index in [4.69, 9.17) is 0 Å². The highest BCUT2D eigenvalue weighted by Gasteiger charge is 2.02. The van der Waals surface area contributed by atoms with Gasteiger partial charge in [-0.25, -0.2) is 4.39 Å². The number of benzene rings is 1. The van der Waals surface area contributed by atoms with Crippen molar-refractivity contribution in [2.24, 2.45) is 0 Å². The lowest BCUT2D eigenvalue weighted by atomic mass is 10.1. The van der Waals surface area contributed by atoms with Crippen LogP contribution in [0.3, 0.4) is 0 Å². The van der Waals surface area contributed by atoms with E-state index in [0.717, 1.165) is 0 Å². The fraction of sp³-hybridized carbons (Fsp3) is 0.200. The van der Waals surface area contributed by atoms with Crippen molar-refractivity contribution in [3.8, 4) is 0 Å². The van der Waals surface area contributed by atoms with Crippen LogP contribution in [0, 0.1) is 10.1 Å². The molecule has 0 N–H and O–H groups in total. The van der Waals surface area contributed by atoms with E-state index in [-0.39, 0.29) is 5.70 Å². The number of hydrogen-bond donors (Lipinski definition) is 0. The Labute approximate surface area is 81.0 Å². The number of rotatable bonds is 3. The maximum Gasteiger partial charge on any atom is 0.243 e. The quantitative estimate of drug-likeness (QED) is 0.549. The number of nitrogens with zero attached hydrogens (tertiary/aromatic N) is 1. The Morgan fingerprint density at radius 2 is 2.36 bits per heavy atom. The molecule has 0 heterocycles. The molecule has 1 aromatic rings. The van der Waals surface area contributed by atoms with Crippen molar-refractivity contribution in [1.82, 2.24) is 0 Å². The molecule has 74 valence electrons. The molecule has 14 heavy (non-hydrogen) atoms. The fourth-order valence-corrected chi connectivity index (χ4v) is 1.06. The van der Waals surface area contributed by atoms with Gasteiger partial charge in [0.05, 0.1) is 4.92 Å². The standard InChI is InChI=1S/C10H10FNO2/c1-8(12(13)14)5-9-3-2-4-10(6-9)7-11/h2-6H,7H2,1H3. The Bertz CT molecular complexity index is 374. The Balaban J connectivity index is 2.97. The van der Waals surface area contributed by atoms with Crippen LogP contribution in [-0.4, -0.2) is 4.92 Å². The second-order valence-electron chi connectivity index (χ2n) is 2.92. The Hall–Kier alpha value is -1.71. The molecule has 0 saturated heterocycles. The second-order valence-corrected chi connectivity index (χ2v) is 2.92. The highest BCUT2D eigenvalue weighted by Crippen LogP contribution is 2.10. The molecule has 0 saturated carbocycles. The van der Waals surface area contributed by atoms with Crippen molar-refractivity contribution >= 4 is 6.08 Å². The third kappa shape index (κ3) is 2.65. The summed E-state index contributed by atoms with van der Waals surface area (Å²) in [5, 5.41) is 10.3. The summed E-state index contributed by atoms with van der Waals surface area (Å²) < 4.78 is 12.2. The first-order chi connectivity index (χ1) is 6.63. The van der Waals surface area contributed by atoms with E-state index in [1.165, 1.54) is 13.0 Å². The summed E-state index contributed by atoms with van der Waals surface area (Å²) >= 11 is 0. The molecule has 3 nitrogen and oxygen atoms in total. The van der Waals surface area contributed by atoms with Gasteiger partial charge in [-0.3, -0.25) is 10.1 Å². The molecule has 0 unspecified atom stereocenters. The Morgan fingerprint density at radius 1 is 1.64 bits per heavy atom. The predicted molar refractivity (Wildman–Crippen MR) is 51.9 cm³/mol. The van der Waals surface area contributed by atoms with E-state index in [2.05, 4.69) is 0 Å². The molecule has 0 bridgehead atoms. The number of allylic oxidation sites excluding steroid dienone is 1. The number of halogens is 1. The number of alkyl halides is 1. The topological polar surface area (TPSA) is 43.1 Å². The maximum absolute atomic E-state index is 12.2. The Kier molecular flexibility index (Phi) is 3.34. The van der Waals surface area contributed by atoms with E-state index in [9.17, 15) is 14.5 Å². The zero-order chi connectivity index (χ0) is 10.6. The van der Waals surface area contributed by atoms with Crippen molar-refractivity contribution in [2.45, 2.75) is 13.6 Å². The molecule has 0 aromatic heterocycles. The molecule has 0 amide bonds. The molecule has 0 radical (unpaired) electrons. The summed E-state index contributed by atoms with van der Waals surface area (Å²) in [6, 6.07) is 6.60. The largest absolute Gasteiger partial charge is 0.259 e. The SMILES string of the molecule is CC(=Cc1cccc(CF)c1)[N+](=O)[O-]. The first-order valence-electron chi connectivity index (χ1n) is 4.11. The van der Waals surface area contributed by atoms with E-state index in [1.807, 2.05) is 0 Å². The molecular weight excluding hydrogens is 185 g/mol. The molecule has 0 aliphatic rings. The van der Waals surface area contributed by atoms with Crippen LogP contribution < -0.4 is 0 Å². The molecule has 4 heteroatoms. The molecule has 1 rings (SSSR count). The fourth-order valence-electron chi connectivity index (χ4n) is 1.06. The van der Waals surface area contributed by atoms with Crippen molar-refractivity contribution in [3.05, 3.63) is 51.2 Å². The predicted octanol–water partition coefficient (Wildman–Crippen LogP) is 2.79. The van der Waals surface area contributed by atoms with Gasteiger partial charge >= 0.3 is 0 Å². The summed E-state index contributed by atoms with van der Waals surface area (Å²) in [6.07, 6.45) is 1.42. The minimum Gasteiger partial charge on any atom is -0.259 e. The first-order valence-corrected chi connectivity index (χ1v) is 4.11. The summed E-state index contributed by atoms with van der Waals surface area (Å²) in [5.74, 6) is 0. The summed E-state index contributed by atoms with van der Waals surface area (Å²) in [6.45, 7) is 0.849. The highest BCUT2D eigenvalue weighted by atomic mass is 19.1. The molecule has 0 fully saturated rings. The van der Waals surface area contributed by atoms with Crippen LogP contribution >= 0.6 is 0 Å². The van der Waals surface area contributed by atoms with Gasteiger partial charge in [0, 0.05) is 13.0 Å². The van der Waals surface area contributed by atoms with Gasteiger partial charge in [-0.1, -0.05) is 18.2 Å². The first kappa shape index (κ1) is 10.4. The summed E-state index contributed by atoms with van der Waals surface area (Å²) in [7, 11) is 0. The van der Waals surface area contributed by atoms with E-state index in [1.54, 1.807) is 24.3 Å². The van der Waals surface area contributed by atoms with Crippen LogP contribution in [0.25, 0.3) is 6.08 Å². The molecule has 1 aromatic carbocycles. The normalized spacial score (nSPS) is 11.4. The second kappa shape index (κ2) is 4.50. The van der Waals surface area contributed by atoms with Gasteiger partial charge < -0.3 is 0 Å². The number of hydrogen-bond acceptors (Lipinski definition) is 2. The van der Waals surface area contributed by atoms with Gasteiger partial charge in [-0.05, 0) is 17.2 Å². The highest BCUT2D eigenvalue weighted by molar-refractivity contribution is 5.51. The lowest BCUT2D eigenvalue weighted by molar-refractivity contribution is -0.422. The van der Waals surface area contributed by atoms with E-state index >= 15 is 0 Å². The van der Waals surface area contributed by atoms with Crippen molar-refractivity contribution in [1.29, 1.82) is 0 Å². The van der Waals surface area contributed by atoms with E-state index < -0.39 is 11.6 Å². The van der Waals surface area contributed by atoms with Gasteiger partial charge in [-0.2, -0.15) is 0 Å². The third-order valence-electron chi connectivity index (χ3n) is 1.77. The molecule has 0 aliphatic carbocycles. The third-order valence-corrected chi connectivity index (χ3v) is 1.77. The lowest BCUT2D eigenvalue weighted by Gasteiger charge is -1.96. The van der Waals surface area contributed by atoms with Crippen LogP contribution in [0.4, 0.5) is 4.39 Å². The van der Waals surface area contributed by atoms with Crippen LogP contribution in [0.5, 0.6) is 0 Å². The van der Waals surface area contributed by atoms with Crippen LogP contribution in [0.15, 0.2) is 30.0 Å². The minimum absolute atomic E-state index is 0.0426. The van der Waals surface area contributed by atoms with Crippen LogP contribution in [-0.2, 0) is 6.67 Å². The van der Waals surface area contributed by atoms with Crippen LogP contribution in [0.1, 0.15) is 18.1 Å². The van der Waals surface area contributed by atoms with Crippen LogP contribution in [0.2, 0.25) is 0 Å². The lowest BCUT2D eigenvalue weighted by Crippen LogP contribution is -1.93. The summed E-state index contributed by atoms with van der Waals surface area (Å²) in [4.78, 5) is 9.85. The summed E-state index contributed by atoms with van der Waals surface area (Å²) in [5.41, 5.74) is 1.21. The average molecular weight is 195 g/mol. The van der Waals surface area contributed by atoms with Gasteiger partial charge in [0.25, 0.3) is 0 Å². The smallest absolute Gasteiger partial charge is 0.243 e. The molecule has 0 aliphatic heterocycles. The van der Waals surface area contributed by atoms with Gasteiger partial charge in [0.1, 0.15) is 6.67 Å². The average Bonchev–Trinajstić information content (AvgIpc) is 2.18. The maximum atomic E-state index is 12.2. The number of nitro groups is 1. The zero-order valence-electron chi connectivity index (χ0n) is 7.74. The minimum atomic E-state index is -0.556. The molecular formula is C10H10FNO2. The monoisotopic (exact) mass is 195 g/mol. The van der Waals surface area contributed by atoms with Gasteiger partial charge in [-0.15, -0.1) is 0 Å².